The Morgan fingerprint density at radius 1 is 1.07 bits per heavy atom. The summed E-state index contributed by atoms with van der Waals surface area (Å²) in [5.74, 6) is 3.12. The van der Waals surface area contributed by atoms with E-state index in [1.165, 1.54) is 0 Å². The van der Waals surface area contributed by atoms with Crippen LogP contribution >= 0.6 is 24.4 Å². The van der Waals surface area contributed by atoms with Crippen molar-refractivity contribution in [3.05, 3.63) is 0 Å². The van der Waals surface area contributed by atoms with Gasteiger partial charge in [-0.2, -0.15) is 24.4 Å². The van der Waals surface area contributed by atoms with Crippen molar-refractivity contribution in [1.82, 2.24) is 0 Å². The maximum atomic E-state index is 5.31. The predicted octanol–water partition coefficient (Wildman–Crippen LogP) is 1.92. The Morgan fingerprint density at radius 2 is 1.64 bits per heavy atom. The van der Waals surface area contributed by atoms with Crippen LogP contribution in [0.5, 0.6) is 0 Å². The minimum atomic E-state index is -2.32. The third kappa shape index (κ3) is 5.62. The maximum absolute atomic E-state index is 5.31. The molecular formula is C8H20O3S2Si. The van der Waals surface area contributed by atoms with Crippen LogP contribution in [0, 0.1) is 0 Å². The average molecular weight is 256 g/mol. The molecule has 0 unspecified atom stereocenters. The number of rotatable bonds is 9. The summed E-state index contributed by atoms with van der Waals surface area (Å²) in [5, 5.41) is 0. The van der Waals surface area contributed by atoms with E-state index in [0.29, 0.717) is 0 Å². The molecule has 0 N–H and O–H groups in total. The van der Waals surface area contributed by atoms with Crippen molar-refractivity contribution in [2.45, 2.75) is 12.5 Å². The first-order valence-corrected chi connectivity index (χ1v) is 8.30. The summed E-state index contributed by atoms with van der Waals surface area (Å²) in [4.78, 5) is 0. The van der Waals surface area contributed by atoms with Crippen LogP contribution in [0.3, 0.4) is 0 Å². The number of hydrogen-bond acceptors (Lipinski definition) is 5. The van der Waals surface area contributed by atoms with E-state index >= 15 is 0 Å². The maximum Gasteiger partial charge on any atom is 0.500 e. The van der Waals surface area contributed by atoms with Gasteiger partial charge in [0.1, 0.15) is 0 Å². The Bertz CT molecular complexity index is 125. The number of hydrogen-bond donors (Lipinski definition) is 1. The topological polar surface area (TPSA) is 27.7 Å². The molecule has 86 valence electrons. The molecule has 0 aliphatic rings. The van der Waals surface area contributed by atoms with Gasteiger partial charge >= 0.3 is 8.80 Å². The molecule has 0 atom stereocenters. The van der Waals surface area contributed by atoms with Crippen LogP contribution in [0.4, 0.5) is 0 Å². The molecule has 14 heavy (non-hydrogen) atoms. The van der Waals surface area contributed by atoms with Gasteiger partial charge < -0.3 is 13.3 Å². The summed E-state index contributed by atoms with van der Waals surface area (Å²) in [7, 11) is 2.63. The van der Waals surface area contributed by atoms with Crippen LogP contribution in [-0.2, 0) is 13.3 Å². The molecular weight excluding hydrogens is 236 g/mol. The monoisotopic (exact) mass is 256 g/mol. The second-order valence-electron chi connectivity index (χ2n) is 2.73. The molecule has 0 aliphatic heterocycles. The summed E-state index contributed by atoms with van der Waals surface area (Å²) in [6.45, 7) is 0. The molecule has 0 rings (SSSR count). The van der Waals surface area contributed by atoms with Crippen LogP contribution < -0.4 is 0 Å². The first kappa shape index (κ1) is 14.8. The summed E-state index contributed by atoms with van der Waals surface area (Å²) < 4.78 is 15.9. The molecule has 0 aromatic rings. The SMILES string of the molecule is CO[Si](CCSCCCS)(OC)OC. The summed E-state index contributed by atoms with van der Waals surface area (Å²) in [5.41, 5.74) is 0. The minimum Gasteiger partial charge on any atom is -0.377 e. The molecule has 0 aromatic carbocycles. The fourth-order valence-electron chi connectivity index (χ4n) is 1.02. The molecule has 0 aromatic heterocycles. The van der Waals surface area contributed by atoms with Crippen molar-refractivity contribution in [3.63, 3.8) is 0 Å². The van der Waals surface area contributed by atoms with Gasteiger partial charge in [0.15, 0.2) is 0 Å². The normalized spacial score (nSPS) is 12.0. The van der Waals surface area contributed by atoms with Crippen LogP contribution in [0.2, 0.25) is 6.04 Å². The van der Waals surface area contributed by atoms with E-state index in [2.05, 4.69) is 12.6 Å². The second kappa shape index (κ2) is 9.05. The van der Waals surface area contributed by atoms with Crippen LogP contribution in [0.15, 0.2) is 0 Å². The Balaban J connectivity index is 3.61. The molecule has 0 radical (unpaired) electrons. The van der Waals surface area contributed by atoms with Crippen molar-refractivity contribution in [3.8, 4) is 0 Å². The Morgan fingerprint density at radius 3 is 2.07 bits per heavy atom. The zero-order valence-corrected chi connectivity index (χ0v) is 11.8. The van der Waals surface area contributed by atoms with Crippen molar-refractivity contribution < 1.29 is 13.3 Å². The highest BCUT2D eigenvalue weighted by atomic mass is 32.2. The molecule has 0 bridgehead atoms. The fourth-order valence-corrected chi connectivity index (χ4v) is 4.64. The zero-order chi connectivity index (χ0) is 10.9. The van der Waals surface area contributed by atoms with Gasteiger partial charge in [-0.05, 0) is 23.7 Å². The van der Waals surface area contributed by atoms with Gasteiger partial charge in [-0.15, -0.1) is 0 Å². The lowest BCUT2D eigenvalue weighted by atomic mass is 10.6. The second-order valence-corrected chi connectivity index (χ2v) is 7.50. The third-order valence-corrected chi connectivity index (χ3v) is 6.41. The minimum absolute atomic E-state index is 0.869. The summed E-state index contributed by atoms with van der Waals surface area (Å²) in [6.07, 6.45) is 1.15. The molecule has 0 saturated heterocycles. The van der Waals surface area contributed by atoms with Crippen molar-refractivity contribution in [2.75, 3.05) is 38.6 Å². The van der Waals surface area contributed by atoms with E-state index in [0.717, 1.165) is 29.7 Å². The van der Waals surface area contributed by atoms with E-state index in [4.69, 9.17) is 13.3 Å². The largest absolute Gasteiger partial charge is 0.500 e. The lowest BCUT2D eigenvalue weighted by molar-refractivity contribution is 0.125. The van der Waals surface area contributed by atoms with Crippen molar-refractivity contribution >= 4 is 33.2 Å². The van der Waals surface area contributed by atoms with Gasteiger partial charge in [-0.3, -0.25) is 0 Å². The highest BCUT2D eigenvalue weighted by molar-refractivity contribution is 7.99. The molecule has 6 heteroatoms. The molecule has 0 aliphatic carbocycles. The average Bonchev–Trinajstić information content (AvgIpc) is 2.24. The standard InChI is InChI=1S/C8H20O3S2Si/c1-9-14(10-2,11-3)8-7-13-6-4-5-12/h12H,4-8H2,1-3H3. The third-order valence-electron chi connectivity index (χ3n) is 1.93. The van der Waals surface area contributed by atoms with Crippen molar-refractivity contribution in [1.29, 1.82) is 0 Å². The van der Waals surface area contributed by atoms with Gasteiger partial charge in [0, 0.05) is 27.4 Å². The van der Waals surface area contributed by atoms with Gasteiger partial charge in [0.2, 0.25) is 0 Å². The van der Waals surface area contributed by atoms with E-state index in [9.17, 15) is 0 Å². The number of thiol groups is 1. The highest BCUT2D eigenvalue weighted by Crippen LogP contribution is 2.16. The molecule has 0 saturated carbocycles. The molecule has 0 heterocycles. The van der Waals surface area contributed by atoms with Gasteiger partial charge in [-0.25, -0.2) is 0 Å². The first-order valence-electron chi connectivity index (χ1n) is 4.58. The van der Waals surface area contributed by atoms with Crippen LogP contribution in [-0.4, -0.2) is 47.4 Å². The van der Waals surface area contributed by atoms with Crippen molar-refractivity contribution in [2.24, 2.45) is 0 Å². The Hall–Kier alpha value is 0.797. The van der Waals surface area contributed by atoms with E-state index in [1.54, 1.807) is 21.3 Å². The molecule has 0 fully saturated rings. The van der Waals surface area contributed by atoms with E-state index in [-0.39, 0.29) is 0 Å². The molecule has 0 spiro atoms. The highest BCUT2D eigenvalue weighted by Gasteiger charge is 2.36. The fraction of sp³-hybridized carbons (Fsp3) is 1.00. The smallest absolute Gasteiger partial charge is 0.377 e. The Kier molecular flexibility index (Phi) is 9.57. The molecule has 3 nitrogen and oxygen atoms in total. The van der Waals surface area contributed by atoms with Gasteiger partial charge in [0.25, 0.3) is 0 Å². The lowest BCUT2D eigenvalue weighted by Gasteiger charge is -2.23. The van der Waals surface area contributed by atoms with Crippen LogP contribution in [0.1, 0.15) is 6.42 Å². The van der Waals surface area contributed by atoms with E-state index < -0.39 is 8.80 Å². The molecule has 0 amide bonds. The number of thioether (sulfide) groups is 1. The van der Waals surface area contributed by atoms with Gasteiger partial charge in [0.05, 0.1) is 0 Å². The summed E-state index contributed by atoms with van der Waals surface area (Å²) >= 11 is 6.05. The first-order chi connectivity index (χ1) is 6.74. The summed E-state index contributed by atoms with van der Waals surface area (Å²) in [6, 6.07) is 0.869. The predicted molar refractivity (Wildman–Crippen MR) is 67.4 cm³/mol. The Labute approximate surface area is 97.7 Å². The lowest BCUT2D eigenvalue weighted by Crippen LogP contribution is -2.43. The van der Waals surface area contributed by atoms with E-state index in [1.807, 2.05) is 11.8 Å². The zero-order valence-electron chi connectivity index (χ0n) is 9.12. The quantitative estimate of drug-likeness (QED) is 0.387. The van der Waals surface area contributed by atoms with Crippen LogP contribution in [0.25, 0.3) is 0 Å². The van der Waals surface area contributed by atoms with Gasteiger partial charge in [-0.1, -0.05) is 0 Å².